The second kappa shape index (κ2) is 5.43. The number of H-pyrrole nitrogens is 1. The van der Waals surface area contributed by atoms with E-state index in [4.69, 9.17) is 0 Å². The van der Waals surface area contributed by atoms with E-state index in [1.165, 1.54) is 5.56 Å². The summed E-state index contributed by atoms with van der Waals surface area (Å²) in [5, 5.41) is 17.3. The number of rotatable bonds is 4. The number of para-hydroxylation sites is 1. The molecular weight excluding hydrogens is 290 g/mol. The van der Waals surface area contributed by atoms with E-state index in [1.54, 1.807) is 0 Å². The lowest BCUT2D eigenvalue weighted by Crippen LogP contribution is -2.33. The molecule has 2 N–H and O–H groups in total. The maximum absolute atomic E-state index is 11.2. The van der Waals surface area contributed by atoms with E-state index in [0.29, 0.717) is 6.54 Å². The molecule has 3 aromatic rings. The van der Waals surface area contributed by atoms with Crippen LogP contribution in [0.3, 0.4) is 0 Å². The van der Waals surface area contributed by atoms with Crippen LogP contribution in [-0.4, -0.2) is 27.3 Å². The average Bonchev–Trinajstić information content (AvgIpc) is 3.12. The predicted molar refractivity (Wildman–Crippen MR) is 88.5 cm³/mol. The van der Waals surface area contributed by atoms with Gasteiger partial charge in [-0.25, -0.2) is 0 Å². The van der Waals surface area contributed by atoms with Crippen LogP contribution in [0.25, 0.3) is 10.9 Å². The van der Waals surface area contributed by atoms with Gasteiger partial charge in [-0.2, -0.15) is 5.10 Å². The number of carboxylic acids is 1. The van der Waals surface area contributed by atoms with Gasteiger partial charge in [-0.15, -0.1) is 0 Å². The largest absolute Gasteiger partial charge is 0.481 e. The van der Waals surface area contributed by atoms with Gasteiger partial charge in [0.1, 0.15) is 0 Å². The number of benzene rings is 2. The molecule has 1 aromatic heterocycles. The van der Waals surface area contributed by atoms with Crippen molar-refractivity contribution in [3.8, 4) is 0 Å². The highest BCUT2D eigenvalue weighted by molar-refractivity contribution is 5.78. The van der Waals surface area contributed by atoms with Crippen LogP contribution in [-0.2, 0) is 17.8 Å². The van der Waals surface area contributed by atoms with E-state index < -0.39 is 5.97 Å². The van der Waals surface area contributed by atoms with Gasteiger partial charge in [-0.3, -0.25) is 9.89 Å². The molecular formula is C18H17N3O2. The first-order chi connectivity index (χ1) is 11.2. The fourth-order valence-electron chi connectivity index (χ4n) is 3.41. The summed E-state index contributed by atoms with van der Waals surface area (Å²) >= 11 is 0. The summed E-state index contributed by atoms with van der Waals surface area (Å²) in [5.41, 5.74) is 4.54. The number of fused-ring (bicyclic) bond motifs is 2. The molecule has 0 saturated carbocycles. The van der Waals surface area contributed by atoms with Crippen LogP contribution in [0.5, 0.6) is 0 Å². The van der Waals surface area contributed by atoms with Crippen LogP contribution in [0.15, 0.2) is 48.7 Å². The highest BCUT2D eigenvalue weighted by Gasteiger charge is 2.30. The Morgan fingerprint density at radius 1 is 1.30 bits per heavy atom. The quantitative estimate of drug-likeness (QED) is 0.777. The number of carbonyl (C=O) groups is 1. The molecule has 0 saturated heterocycles. The van der Waals surface area contributed by atoms with Gasteiger partial charge < -0.3 is 10.0 Å². The summed E-state index contributed by atoms with van der Waals surface area (Å²) < 4.78 is 0. The molecule has 23 heavy (non-hydrogen) atoms. The predicted octanol–water partition coefficient (Wildman–Crippen LogP) is 2.97. The van der Waals surface area contributed by atoms with Crippen molar-refractivity contribution in [2.45, 2.75) is 25.4 Å². The van der Waals surface area contributed by atoms with Gasteiger partial charge in [0.25, 0.3) is 0 Å². The van der Waals surface area contributed by atoms with E-state index in [0.717, 1.165) is 28.6 Å². The van der Waals surface area contributed by atoms with Crippen molar-refractivity contribution in [3.63, 3.8) is 0 Å². The number of carboxylic acid groups (broad SMARTS) is 1. The van der Waals surface area contributed by atoms with Crippen molar-refractivity contribution < 1.29 is 9.90 Å². The molecule has 1 aliphatic heterocycles. The topological polar surface area (TPSA) is 69.2 Å². The van der Waals surface area contributed by atoms with E-state index >= 15 is 0 Å². The molecule has 5 nitrogen and oxygen atoms in total. The molecule has 116 valence electrons. The van der Waals surface area contributed by atoms with Crippen LogP contribution in [0, 0.1) is 0 Å². The molecule has 0 bridgehead atoms. The van der Waals surface area contributed by atoms with Crippen molar-refractivity contribution in [1.82, 2.24) is 10.2 Å². The Hall–Kier alpha value is -2.82. The summed E-state index contributed by atoms with van der Waals surface area (Å²) in [5.74, 6) is -0.752. The highest BCUT2D eigenvalue weighted by Crippen LogP contribution is 2.34. The van der Waals surface area contributed by atoms with Crippen LogP contribution < -0.4 is 4.90 Å². The Balaban J connectivity index is 1.67. The molecule has 2 aromatic carbocycles. The lowest BCUT2D eigenvalue weighted by molar-refractivity contribution is -0.137. The smallest absolute Gasteiger partial charge is 0.305 e. The first-order valence-corrected chi connectivity index (χ1v) is 7.69. The zero-order chi connectivity index (χ0) is 15.8. The van der Waals surface area contributed by atoms with E-state index in [-0.39, 0.29) is 12.5 Å². The molecule has 0 amide bonds. The third-order valence-electron chi connectivity index (χ3n) is 4.47. The Kier molecular flexibility index (Phi) is 3.26. The van der Waals surface area contributed by atoms with Crippen molar-refractivity contribution in [2.75, 3.05) is 4.90 Å². The first kappa shape index (κ1) is 13.8. The lowest BCUT2D eigenvalue weighted by atomic mass is 10.1. The minimum absolute atomic E-state index is 0.00458. The van der Waals surface area contributed by atoms with Crippen molar-refractivity contribution in [1.29, 1.82) is 0 Å². The van der Waals surface area contributed by atoms with Crippen molar-refractivity contribution >= 4 is 22.6 Å². The summed E-state index contributed by atoms with van der Waals surface area (Å²) in [4.78, 5) is 13.4. The third-order valence-corrected chi connectivity index (χ3v) is 4.47. The highest BCUT2D eigenvalue weighted by atomic mass is 16.4. The number of hydrogen-bond donors (Lipinski definition) is 2. The minimum Gasteiger partial charge on any atom is -0.481 e. The minimum atomic E-state index is -0.752. The maximum Gasteiger partial charge on any atom is 0.305 e. The lowest BCUT2D eigenvalue weighted by Gasteiger charge is -2.26. The SMILES string of the molecule is O=C(O)C[C@@H]1Cc2ccccc2N1Cc1ccc2[nH]ncc2c1. The normalized spacial score (nSPS) is 16.7. The van der Waals surface area contributed by atoms with Gasteiger partial charge in [-0.1, -0.05) is 24.3 Å². The molecule has 0 radical (unpaired) electrons. The third kappa shape index (κ3) is 2.54. The zero-order valence-corrected chi connectivity index (χ0v) is 12.6. The van der Waals surface area contributed by atoms with E-state index in [9.17, 15) is 9.90 Å². The maximum atomic E-state index is 11.2. The summed E-state index contributed by atoms with van der Waals surface area (Å²) in [6, 6.07) is 14.4. The molecule has 5 heteroatoms. The molecule has 1 atom stereocenters. The van der Waals surface area contributed by atoms with Gasteiger partial charge in [0, 0.05) is 23.7 Å². The number of aromatic amines is 1. The van der Waals surface area contributed by atoms with E-state index in [1.807, 2.05) is 24.4 Å². The van der Waals surface area contributed by atoms with Crippen molar-refractivity contribution in [2.24, 2.45) is 0 Å². The fraction of sp³-hybridized carbons (Fsp3) is 0.222. The van der Waals surface area contributed by atoms with Crippen molar-refractivity contribution in [3.05, 3.63) is 59.8 Å². The summed E-state index contributed by atoms with van der Waals surface area (Å²) in [6.07, 6.45) is 2.75. The van der Waals surface area contributed by atoms with E-state index in [2.05, 4.69) is 39.4 Å². The molecule has 2 heterocycles. The summed E-state index contributed by atoms with van der Waals surface area (Å²) in [6.45, 7) is 0.704. The average molecular weight is 307 g/mol. The number of anilines is 1. The molecule has 1 aliphatic rings. The Labute approximate surface area is 133 Å². The van der Waals surface area contributed by atoms with Gasteiger partial charge in [-0.05, 0) is 35.7 Å². The monoisotopic (exact) mass is 307 g/mol. The van der Waals surface area contributed by atoms with Gasteiger partial charge in [0.05, 0.1) is 18.1 Å². The number of nitrogens with zero attached hydrogens (tertiary/aromatic N) is 2. The van der Waals surface area contributed by atoms with Gasteiger partial charge in [0.15, 0.2) is 0 Å². The molecule has 0 unspecified atom stereocenters. The number of nitrogens with one attached hydrogen (secondary N) is 1. The number of aliphatic carboxylic acids is 1. The molecule has 4 rings (SSSR count). The Morgan fingerprint density at radius 3 is 3.04 bits per heavy atom. The van der Waals surface area contributed by atoms with Crippen LogP contribution in [0.2, 0.25) is 0 Å². The van der Waals surface area contributed by atoms with Crippen LogP contribution >= 0.6 is 0 Å². The first-order valence-electron chi connectivity index (χ1n) is 7.69. The number of aromatic nitrogens is 2. The number of hydrogen-bond acceptors (Lipinski definition) is 3. The zero-order valence-electron chi connectivity index (χ0n) is 12.6. The second-order valence-corrected chi connectivity index (χ2v) is 6.00. The summed E-state index contributed by atoms with van der Waals surface area (Å²) in [7, 11) is 0. The molecule has 0 aliphatic carbocycles. The van der Waals surface area contributed by atoms with Crippen LogP contribution in [0.1, 0.15) is 17.5 Å². The van der Waals surface area contributed by atoms with Gasteiger partial charge >= 0.3 is 5.97 Å². The van der Waals surface area contributed by atoms with Gasteiger partial charge in [0.2, 0.25) is 0 Å². The Bertz CT molecular complexity index is 871. The Morgan fingerprint density at radius 2 is 2.17 bits per heavy atom. The molecule has 0 spiro atoms. The molecule has 0 fully saturated rings. The van der Waals surface area contributed by atoms with Crippen LogP contribution in [0.4, 0.5) is 5.69 Å². The second-order valence-electron chi connectivity index (χ2n) is 6.00. The fourth-order valence-corrected chi connectivity index (χ4v) is 3.41. The standard InChI is InChI=1S/C18H17N3O2/c22-18(23)9-15-8-13-3-1-2-4-17(13)21(15)11-12-5-6-16-14(7-12)10-19-20-16/h1-7,10,15H,8-9,11H2,(H,19,20)(H,22,23)/t15-/m0/s1.